The number of anilines is 1. The van der Waals surface area contributed by atoms with Crippen LogP contribution in [0.1, 0.15) is 44.7 Å². The Morgan fingerprint density at radius 2 is 1.71 bits per heavy atom. The van der Waals surface area contributed by atoms with Crippen LogP contribution in [0.2, 0.25) is 10.0 Å². The highest BCUT2D eigenvalue weighted by Crippen LogP contribution is 2.27. The van der Waals surface area contributed by atoms with Gasteiger partial charge in [-0.15, -0.1) is 0 Å². The van der Waals surface area contributed by atoms with Crippen LogP contribution >= 0.6 is 23.2 Å². The average Bonchev–Trinajstić information content (AvgIpc) is 2.79. The molecule has 1 N–H and O–H groups in total. The lowest BCUT2D eigenvalue weighted by Crippen LogP contribution is -2.53. The van der Waals surface area contributed by atoms with Gasteiger partial charge in [0.05, 0.1) is 11.9 Å². The number of carbonyl (C=O) groups excluding carboxylic acids is 2. The molecule has 0 radical (unpaired) electrons. The van der Waals surface area contributed by atoms with Crippen molar-refractivity contribution in [3.05, 3.63) is 63.6 Å². The van der Waals surface area contributed by atoms with Gasteiger partial charge in [0.1, 0.15) is 12.6 Å². The van der Waals surface area contributed by atoms with Gasteiger partial charge < -0.3 is 10.2 Å². The fourth-order valence-electron chi connectivity index (χ4n) is 3.62. The topological polar surface area (TPSA) is 86.8 Å². The van der Waals surface area contributed by atoms with Crippen molar-refractivity contribution in [3.63, 3.8) is 0 Å². The second kappa shape index (κ2) is 12.6. The standard InChI is InChI=1S/C25H33Cl2N3O4S/c1-6-18(4)28-25(32)22(7-2)29(15-19-10-8-9-11-21(19)27)24(31)16-30(35(5,33)34)23-14-20(26)13-12-17(23)3/h8-14,18,22H,6-7,15-16H2,1-5H3,(H,28,32)/t18-,22-/m0/s1. The molecule has 0 aliphatic heterocycles. The fourth-order valence-corrected chi connectivity index (χ4v) is 4.88. The number of amides is 2. The van der Waals surface area contributed by atoms with Crippen LogP contribution in [0.25, 0.3) is 0 Å². The Morgan fingerprint density at radius 1 is 1.06 bits per heavy atom. The molecule has 0 aromatic heterocycles. The summed E-state index contributed by atoms with van der Waals surface area (Å²) < 4.78 is 26.5. The number of nitrogens with zero attached hydrogens (tertiary/aromatic N) is 2. The molecule has 0 heterocycles. The zero-order valence-corrected chi connectivity index (χ0v) is 23.0. The minimum atomic E-state index is -3.84. The van der Waals surface area contributed by atoms with Crippen molar-refractivity contribution in [1.29, 1.82) is 0 Å². The van der Waals surface area contributed by atoms with Crippen LogP contribution < -0.4 is 9.62 Å². The number of hydrogen-bond donors (Lipinski definition) is 1. The van der Waals surface area contributed by atoms with Gasteiger partial charge in [0.25, 0.3) is 0 Å². The number of rotatable bonds is 11. The van der Waals surface area contributed by atoms with Crippen LogP contribution in [0.4, 0.5) is 5.69 Å². The molecule has 7 nitrogen and oxygen atoms in total. The van der Waals surface area contributed by atoms with Crippen LogP contribution in [-0.2, 0) is 26.2 Å². The molecule has 2 aromatic rings. The van der Waals surface area contributed by atoms with E-state index in [1.54, 1.807) is 43.3 Å². The second-order valence-corrected chi connectivity index (χ2v) is 11.3. The molecule has 0 bridgehead atoms. The minimum Gasteiger partial charge on any atom is -0.352 e. The van der Waals surface area contributed by atoms with Crippen LogP contribution in [-0.4, -0.2) is 50.0 Å². The van der Waals surface area contributed by atoms with Gasteiger partial charge in [0, 0.05) is 22.6 Å². The van der Waals surface area contributed by atoms with Crippen LogP contribution in [0.15, 0.2) is 42.5 Å². The Labute approximate surface area is 218 Å². The van der Waals surface area contributed by atoms with Crippen molar-refractivity contribution in [3.8, 4) is 0 Å². The normalized spacial score (nSPS) is 13.1. The summed E-state index contributed by atoms with van der Waals surface area (Å²) in [6, 6.07) is 11.0. The van der Waals surface area contributed by atoms with E-state index in [1.165, 1.54) is 11.0 Å². The summed E-state index contributed by atoms with van der Waals surface area (Å²) in [5.41, 5.74) is 1.61. The van der Waals surface area contributed by atoms with Crippen molar-refractivity contribution >= 4 is 50.7 Å². The Kier molecular flexibility index (Phi) is 10.4. The van der Waals surface area contributed by atoms with Gasteiger partial charge >= 0.3 is 0 Å². The molecular weight excluding hydrogens is 509 g/mol. The third-order valence-corrected chi connectivity index (χ3v) is 7.53. The van der Waals surface area contributed by atoms with Gasteiger partial charge in [0.15, 0.2) is 0 Å². The molecule has 2 rings (SSSR count). The minimum absolute atomic E-state index is 0.0526. The van der Waals surface area contributed by atoms with Crippen molar-refractivity contribution in [2.75, 3.05) is 17.1 Å². The zero-order chi connectivity index (χ0) is 26.3. The molecule has 0 fully saturated rings. The maximum atomic E-state index is 13.7. The predicted octanol–water partition coefficient (Wildman–Crippen LogP) is 4.79. The number of carbonyl (C=O) groups is 2. The summed E-state index contributed by atoms with van der Waals surface area (Å²) in [5.74, 6) is -0.826. The van der Waals surface area contributed by atoms with E-state index in [4.69, 9.17) is 23.2 Å². The number of nitrogens with one attached hydrogen (secondary N) is 1. The highest BCUT2D eigenvalue weighted by atomic mass is 35.5. The van der Waals surface area contributed by atoms with E-state index in [1.807, 2.05) is 20.8 Å². The largest absolute Gasteiger partial charge is 0.352 e. The lowest BCUT2D eigenvalue weighted by atomic mass is 10.1. The summed E-state index contributed by atoms with van der Waals surface area (Å²) in [5, 5.41) is 3.73. The molecule has 0 unspecified atom stereocenters. The van der Waals surface area contributed by atoms with Gasteiger partial charge in [-0.2, -0.15) is 0 Å². The monoisotopic (exact) mass is 541 g/mol. The molecule has 2 aromatic carbocycles. The lowest BCUT2D eigenvalue weighted by molar-refractivity contribution is -0.140. The van der Waals surface area contributed by atoms with E-state index in [0.29, 0.717) is 33.3 Å². The average molecular weight is 543 g/mol. The summed E-state index contributed by atoms with van der Waals surface area (Å²) in [6.45, 7) is 6.95. The molecule has 0 aliphatic rings. The van der Waals surface area contributed by atoms with E-state index < -0.39 is 28.5 Å². The number of hydrogen-bond acceptors (Lipinski definition) is 4. The molecule has 2 amide bonds. The van der Waals surface area contributed by atoms with E-state index in [9.17, 15) is 18.0 Å². The molecule has 10 heteroatoms. The number of sulfonamides is 1. The predicted molar refractivity (Wildman–Crippen MR) is 142 cm³/mol. The van der Waals surface area contributed by atoms with Crippen molar-refractivity contribution in [2.24, 2.45) is 0 Å². The zero-order valence-electron chi connectivity index (χ0n) is 20.7. The van der Waals surface area contributed by atoms with Gasteiger partial charge in [-0.05, 0) is 56.0 Å². The summed E-state index contributed by atoms with van der Waals surface area (Å²) >= 11 is 12.5. The Bertz CT molecular complexity index is 1160. The van der Waals surface area contributed by atoms with Gasteiger partial charge in [-0.25, -0.2) is 8.42 Å². The second-order valence-electron chi connectivity index (χ2n) is 8.56. The third kappa shape index (κ3) is 7.85. The molecule has 0 spiro atoms. The highest BCUT2D eigenvalue weighted by Gasteiger charge is 2.32. The van der Waals surface area contributed by atoms with Crippen molar-refractivity contribution in [1.82, 2.24) is 10.2 Å². The number of aryl methyl sites for hydroxylation is 1. The molecule has 0 saturated carbocycles. The van der Waals surface area contributed by atoms with Crippen molar-refractivity contribution in [2.45, 2.75) is 59.2 Å². The van der Waals surface area contributed by atoms with Gasteiger partial charge in [-0.3, -0.25) is 13.9 Å². The van der Waals surface area contributed by atoms with Gasteiger partial charge in [-0.1, -0.05) is 61.3 Å². The van der Waals surface area contributed by atoms with Gasteiger partial charge in [0.2, 0.25) is 21.8 Å². The van der Waals surface area contributed by atoms with Crippen LogP contribution in [0.3, 0.4) is 0 Å². The van der Waals surface area contributed by atoms with E-state index in [0.717, 1.165) is 17.0 Å². The van der Waals surface area contributed by atoms with E-state index >= 15 is 0 Å². The number of halogens is 2. The molecule has 0 aliphatic carbocycles. The molecule has 2 atom stereocenters. The quantitative estimate of drug-likeness (QED) is 0.443. The van der Waals surface area contributed by atoms with Crippen LogP contribution in [0.5, 0.6) is 0 Å². The molecule has 35 heavy (non-hydrogen) atoms. The maximum Gasteiger partial charge on any atom is 0.244 e. The third-order valence-electron chi connectivity index (χ3n) is 5.80. The Hall–Kier alpha value is -2.29. The maximum absolute atomic E-state index is 13.7. The number of benzene rings is 2. The van der Waals surface area contributed by atoms with E-state index in [2.05, 4.69) is 5.32 Å². The highest BCUT2D eigenvalue weighted by molar-refractivity contribution is 7.92. The Morgan fingerprint density at radius 3 is 2.29 bits per heavy atom. The Balaban J connectivity index is 2.50. The van der Waals surface area contributed by atoms with E-state index in [-0.39, 0.29) is 18.5 Å². The van der Waals surface area contributed by atoms with Crippen LogP contribution in [0, 0.1) is 6.92 Å². The smallest absolute Gasteiger partial charge is 0.244 e. The molecule has 192 valence electrons. The first-order valence-electron chi connectivity index (χ1n) is 11.5. The fraction of sp³-hybridized carbons (Fsp3) is 0.440. The summed E-state index contributed by atoms with van der Waals surface area (Å²) in [7, 11) is -3.84. The lowest BCUT2D eigenvalue weighted by Gasteiger charge is -2.33. The first-order valence-corrected chi connectivity index (χ1v) is 14.1. The molecular formula is C25H33Cl2N3O4S. The SMILES string of the molecule is CC[C@H](C)NC(=O)[C@H](CC)N(Cc1ccccc1Cl)C(=O)CN(c1cc(Cl)ccc1C)S(C)(=O)=O. The summed E-state index contributed by atoms with van der Waals surface area (Å²) in [4.78, 5) is 28.2. The molecule has 0 saturated heterocycles. The first kappa shape index (κ1) is 28.9. The first-order chi connectivity index (χ1) is 16.4. The summed E-state index contributed by atoms with van der Waals surface area (Å²) in [6.07, 6.45) is 2.11. The van der Waals surface area contributed by atoms with Crippen molar-refractivity contribution < 1.29 is 18.0 Å².